The van der Waals surface area contributed by atoms with Crippen LogP contribution >= 0.6 is 0 Å². The molecule has 0 fully saturated rings. The summed E-state index contributed by atoms with van der Waals surface area (Å²) >= 11 is 0. The topological polar surface area (TPSA) is 104 Å². The van der Waals surface area contributed by atoms with E-state index < -0.39 is 6.16 Å². The van der Waals surface area contributed by atoms with Crippen LogP contribution < -0.4 is 0 Å². The van der Waals surface area contributed by atoms with Crippen molar-refractivity contribution in [3.63, 3.8) is 0 Å². The Bertz CT molecular complexity index is 957. The largest absolute Gasteiger partial charge is 0.508 e. The zero-order valence-electron chi connectivity index (χ0n) is 35.0. The van der Waals surface area contributed by atoms with Crippen LogP contribution in [0.2, 0.25) is 0 Å². The molecule has 314 valence electrons. The molecule has 0 aromatic heterocycles. The van der Waals surface area contributed by atoms with Gasteiger partial charge in [0.05, 0.1) is 26.2 Å². The lowest BCUT2D eigenvalue weighted by Gasteiger charge is -2.21. The summed E-state index contributed by atoms with van der Waals surface area (Å²) < 4.78 is 28.2. The summed E-state index contributed by atoms with van der Waals surface area (Å²) in [6.45, 7) is 11.7. The lowest BCUT2D eigenvalue weighted by atomic mass is 10.1. The first-order valence-electron chi connectivity index (χ1n) is 22.1. The molecule has 54 heavy (non-hydrogen) atoms. The molecular weight excluding hydrogens is 682 g/mol. The molecule has 0 saturated heterocycles. The van der Waals surface area contributed by atoms with E-state index in [0.717, 1.165) is 82.9 Å². The van der Waals surface area contributed by atoms with Crippen LogP contribution in [-0.4, -0.2) is 81.1 Å². The molecule has 1 aromatic rings. The van der Waals surface area contributed by atoms with Crippen LogP contribution in [0.15, 0.2) is 24.3 Å². The fraction of sp³-hybridized carbons (Fsp3) is 0.822. The van der Waals surface area contributed by atoms with E-state index in [1.54, 1.807) is 0 Å². The summed E-state index contributed by atoms with van der Waals surface area (Å²) in [5.74, 6) is -0.175. The van der Waals surface area contributed by atoms with Crippen LogP contribution in [0.5, 0.6) is 0 Å². The van der Waals surface area contributed by atoms with Crippen LogP contribution in [-0.2, 0) is 41.5 Å². The minimum Gasteiger partial charge on any atom is -0.466 e. The van der Waals surface area contributed by atoms with Gasteiger partial charge in [-0.05, 0) is 82.0 Å². The summed E-state index contributed by atoms with van der Waals surface area (Å²) in [6.07, 6.45) is 24.6. The van der Waals surface area contributed by atoms with Gasteiger partial charge in [-0.3, -0.25) is 4.79 Å². The maximum Gasteiger partial charge on any atom is 0.508 e. The van der Waals surface area contributed by atoms with Gasteiger partial charge in [0.15, 0.2) is 6.29 Å². The molecule has 1 N–H and O–H groups in total. The van der Waals surface area contributed by atoms with Crippen LogP contribution in [0.3, 0.4) is 0 Å². The van der Waals surface area contributed by atoms with E-state index in [0.29, 0.717) is 45.8 Å². The van der Waals surface area contributed by atoms with Crippen molar-refractivity contribution in [1.82, 2.24) is 4.90 Å². The van der Waals surface area contributed by atoms with E-state index in [1.807, 2.05) is 12.1 Å². The monoisotopic (exact) mass is 764 g/mol. The van der Waals surface area contributed by atoms with Crippen molar-refractivity contribution >= 4 is 12.1 Å². The quantitative estimate of drug-likeness (QED) is 0.0399. The fourth-order valence-corrected chi connectivity index (χ4v) is 6.31. The molecule has 0 aliphatic rings. The van der Waals surface area contributed by atoms with Crippen molar-refractivity contribution < 1.29 is 38.4 Å². The van der Waals surface area contributed by atoms with Gasteiger partial charge < -0.3 is 33.7 Å². The standard InChI is InChI=1S/C45H81NO8/c1-4-7-10-12-15-22-37-51-44(52-38-23-16-13-11-8-5-2)31-30-43(48)50-36-21-17-14-19-32-46(34-35-47)33-20-18-24-39-53-45(49)54-40-42-28-26-41(27-29-42)25-9-6-3/h26-29,44,47H,4-25,30-40H2,1-3H3. The third-order valence-corrected chi connectivity index (χ3v) is 9.77. The van der Waals surface area contributed by atoms with E-state index in [1.165, 1.54) is 82.6 Å². The average Bonchev–Trinajstić information content (AvgIpc) is 3.18. The third kappa shape index (κ3) is 31.1. The van der Waals surface area contributed by atoms with Crippen LogP contribution in [0.1, 0.15) is 180 Å². The van der Waals surface area contributed by atoms with Crippen LogP contribution in [0.4, 0.5) is 4.79 Å². The van der Waals surface area contributed by atoms with Gasteiger partial charge in [-0.25, -0.2) is 4.79 Å². The number of aliphatic hydroxyl groups excluding tert-OH is 1. The molecule has 9 heteroatoms. The number of hydrogen-bond acceptors (Lipinski definition) is 9. The second-order valence-electron chi connectivity index (χ2n) is 14.8. The SMILES string of the molecule is CCCCCCCCOC(CCC(=O)OCCCCCCN(CCO)CCCCCOC(=O)OCc1ccc(CCCC)cc1)OCCCCCCCC. The summed E-state index contributed by atoms with van der Waals surface area (Å²) in [6, 6.07) is 8.20. The molecule has 9 nitrogen and oxygen atoms in total. The van der Waals surface area contributed by atoms with Gasteiger partial charge in [0, 0.05) is 26.2 Å². The number of benzene rings is 1. The smallest absolute Gasteiger partial charge is 0.466 e. The van der Waals surface area contributed by atoms with Gasteiger partial charge in [0.25, 0.3) is 0 Å². The zero-order valence-corrected chi connectivity index (χ0v) is 35.0. The van der Waals surface area contributed by atoms with Gasteiger partial charge in [0.1, 0.15) is 6.61 Å². The van der Waals surface area contributed by atoms with Crippen molar-refractivity contribution in [2.24, 2.45) is 0 Å². The first-order chi connectivity index (χ1) is 26.5. The Balaban J connectivity index is 2.13. The molecule has 0 unspecified atom stereocenters. The highest BCUT2D eigenvalue weighted by molar-refractivity contribution is 5.69. The van der Waals surface area contributed by atoms with Gasteiger partial charge in [-0.15, -0.1) is 0 Å². The van der Waals surface area contributed by atoms with Crippen molar-refractivity contribution in [3.05, 3.63) is 35.4 Å². The summed E-state index contributed by atoms with van der Waals surface area (Å²) in [5.41, 5.74) is 2.27. The molecular formula is C45H81NO8. The first-order valence-corrected chi connectivity index (χ1v) is 22.1. The number of ether oxygens (including phenoxy) is 5. The molecule has 0 aliphatic heterocycles. The molecule has 1 aromatic carbocycles. The molecule has 0 aliphatic carbocycles. The molecule has 0 heterocycles. The number of hydrogen-bond donors (Lipinski definition) is 1. The second kappa shape index (κ2) is 37.7. The maximum absolute atomic E-state index is 12.5. The first kappa shape index (κ1) is 49.8. The number of aryl methyl sites for hydroxylation is 1. The van der Waals surface area contributed by atoms with Gasteiger partial charge in [-0.1, -0.05) is 129 Å². The summed E-state index contributed by atoms with van der Waals surface area (Å²) in [5, 5.41) is 9.52. The molecule has 1 rings (SSSR count). The van der Waals surface area contributed by atoms with E-state index in [4.69, 9.17) is 23.7 Å². The van der Waals surface area contributed by atoms with Gasteiger partial charge >= 0.3 is 12.1 Å². The Labute approximate surface area is 330 Å². The van der Waals surface area contributed by atoms with E-state index in [2.05, 4.69) is 37.8 Å². The Morgan fingerprint density at radius 2 is 1.04 bits per heavy atom. The summed E-state index contributed by atoms with van der Waals surface area (Å²) in [4.78, 5) is 26.7. The number of aliphatic hydroxyl groups is 1. The molecule has 0 amide bonds. The predicted octanol–water partition coefficient (Wildman–Crippen LogP) is 11.1. The Morgan fingerprint density at radius 3 is 1.61 bits per heavy atom. The number of rotatable bonds is 39. The number of carbonyl (C=O) groups excluding carboxylic acids is 2. The third-order valence-electron chi connectivity index (χ3n) is 9.77. The minimum absolute atomic E-state index is 0.140. The van der Waals surface area contributed by atoms with Crippen molar-refractivity contribution in [3.8, 4) is 0 Å². The van der Waals surface area contributed by atoms with Crippen LogP contribution in [0, 0.1) is 0 Å². The number of nitrogens with zero attached hydrogens (tertiary/aromatic N) is 1. The average molecular weight is 764 g/mol. The van der Waals surface area contributed by atoms with Crippen molar-refractivity contribution in [2.75, 3.05) is 52.7 Å². The Hall–Kier alpha value is -2.20. The van der Waals surface area contributed by atoms with E-state index in [-0.39, 0.29) is 25.5 Å². The molecule has 0 bridgehead atoms. The Kier molecular flexibility index (Phi) is 34.8. The fourth-order valence-electron chi connectivity index (χ4n) is 6.31. The highest BCUT2D eigenvalue weighted by Crippen LogP contribution is 2.13. The highest BCUT2D eigenvalue weighted by atomic mass is 16.7. The highest BCUT2D eigenvalue weighted by Gasteiger charge is 2.14. The Morgan fingerprint density at radius 1 is 0.556 bits per heavy atom. The molecule has 0 atom stereocenters. The van der Waals surface area contributed by atoms with E-state index in [9.17, 15) is 14.7 Å². The lowest BCUT2D eigenvalue weighted by molar-refractivity contribution is -0.159. The maximum atomic E-state index is 12.5. The number of esters is 1. The zero-order chi connectivity index (χ0) is 39.2. The number of carbonyl (C=O) groups is 2. The lowest BCUT2D eigenvalue weighted by Crippen LogP contribution is -2.29. The molecule has 0 spiro atoms. The summed E-state index contributed by atoms with van der Waals surface area (Å²) in [7, 11) is 0. The minimum atomic E-state index is -0.622. The van der Waals surface area contributed by atoms with Crippen molar-refractivity contribution in [1.29, 1.82) is 0 Å². The molecule has 0 radical (unpaired) electrons. The predicted molar refractivity (Wildman–Crippen MR) is 220 cm³/mol. The van der Waals surface area contributed by atoms with E-state index >= 15 is 0 Å². The van der Waals surface area contributed by atoms with Gasteiger partial charge in [0.2, 0.25) is 0 Å². The normalized spacial score (nSPS) is 11.4. The van der Waals surface area contributed by atoms with Crippen LogP contribution in [0.25, 0.3) is 0 Å². The van der Waals surface area contributed by atoms with Gasteiger partial charge in [-0.2, -0.15) is 0 Å². The van der Waals surface area contributed by atoms with Crippen molar-refractivity contribution in [2.45, 2.75) is 188 Å². The number of unbranched alkanes of at least 4 members (excludes halogenated alkanes) is 16. The second-order valence-corrected chi connectivity index (χ2v) is 14.8. The molecule has 0 saturated carbocycles.